The van der Waals surface area contributed by atoms with Crippen LogP contribution in [0, 0.1) is 5.92 Å². The number of urea groups is 1. The molecule has 1 unspecified atom stereocenters. The van der Waals surface area contributed by atoms with Crippen molar-refractivity contribution in [3.63, 3.8) is 0 Å². The Morgan fingerprint density at radius 1 is 1.08 bits per heavy atom. The fraction of sp³-hybridized carbons (Fsp3) is 0.471. The van der Waals surface area contributed by atoms with Crippen LogP contribution in [0.1, 0.15) is 19.8 Å². The van der Waals surface area contributed by atoms with Crippen molar-refractivity contribution >= 4 is 29.2 Å². The molecule has 0 radical (unpaired) electrons. The second-order valence-electron chi connectivity index (χ2n) is 6.21. The van der Waals surface area contributed by atoms with E-state index in [1.165, 1.54) is 11.8 Å². The summed E-state index contributed by atoms with van der Waals surface area (Å²) in [7, 11) is 3.42. The lowest BCUT2D eigenvalue weighted by Crippen LogP contribution is -2.47. The lowest BCUT2D eigenvalue weighted by Gasteiger charge is -2.33. The number of amides is 4. The van der Waals surface area contributed by atoms with Gasteiger partial charge in [-0.1, -0.05) is 0 Å². The van der Waals surface area contributed by atoms with Gasteiger partial charge in [0.05, 0.1) is 5.92 Å². The molecule has 24 heavy (non-hydrogen) atoms. The molecule has 1 aromatic carbocycles. The summed E-state index contributed by atoms with van der Waals surface area (Å²) in [4.78, 5) is 38.7. The van der Waals surface area contributed by atoms with E-state index in [0.29, 0.717) is 24.5 Å². The number of rotatable bonds is 3. The maximum absolute atomic E-state index is 12.4. The number of hydrogen-bond donors (Lipinski definition) is 2. The zero-order chi connectivity index (χ0) is 17.7. The van der Waals surface area contributed by atoms with Gasteiger partial charge in [0.2, 0.25) is 11.8 Å². The van der Waals surface area contributed by atoms with Crippen LogP contribution in [0.4, 0.5) is 16.2 Å². The van der Waals surface area contributed by atoms with Crippen molar-refractivity contribution in [3.05, 3.63) is 24.3 Å². The zero-order valence-corrected chi connectivity index (χ0v) is 14.3. The van der Waals surface area contributed by atoms with Gasteiger partial charge in [-0.25, -0.2) is 4.79 Å². The molecule has 4 amide bonds. The molecule has 2 N–H and O–H groups in total. The number of nitrogens with one attached hydrogen (secondary N) is 2. The first-order chi connectivity index (χ1) is 11.4. The van der Waals surface area contributed by atoms with Gasteiger partial charge in [0, 0.05) is 45.5 Å². The molecular formula is C17H24N4O3. The first-order valence-electron chi connectivity index (χ1n) is 8.01. The van der Waals surface area contributed by atoms with Crippen LogP contribution in [-0.4, -0.2) is 54.8 Å². The van der Waals surface area contributed by atoms with Gasteiger partial charge < -0.3 is 20.4 Å². The molecule has 7 nitrogen and oxygen atoms in total. The zero-order valence-electron chi connectivity index (χ0n) is 14.3. The summed E-state index contributed by atoms with van der Waals surface area (Å²) in [6.45, 7) is 2.57. The van der Waals surface area contributed by atoms with Gasteiger partial charge in [-0.05, 0) is 37.1 Å². The van der Waals surface area contributed by atoms with Crippen molar-refractivity contribution in [2.75, 3.05) is 37.8 Å². The summed E-state index contributed by atoms with van der Waals surface area (Å²) in [5.74, 6) is -0.434. The standard InChI is InChI=1S/C17H24N4O3/c1-12(22)18-14-6-8-15(9-7-14)19-16(23)13-5-4-10-21(11-13)17(24)20(2)3/h6-9,13H,4-5,10-11H2,1-3H3,(H,18,22)(H,19,23). The molecule has 1 aliphatic heterocycles. The molecule has 0 spiro atoms. The monoisotopic (exact) mass is 332 g/mol. The van der Waals surface area contributed by atoms with Crippen molar-refractivity contribution in [1.29, 1.82) is 0 Å². The number of carbonyl (C=O) groups excluding carboxylic acids is 3. The molecule has 1 saturated heterocycles. The average Bonchev–Trinajstić information content (AvgIpc) is 2.55. The van der Waals surface area contributed by atoms with Crippen LogP contribution in [-0.2, 0) is 9.59 Å². The highest BCUT2D eigenvalue weighted by molar-refractivity contribution is 5.94. The van der Waals surface area contributed by atoms with Crippen molar-refractivity contribution in [2.24, 2.45) is 5.92 Å². The van der Waals surface area contributed by atoms with Gasteiger partial charge in [0.15, 0.2) is 0 Å². The van der Waals surface area contributed by atoms with E-state index in [9.17, 15) is 14.4 Å². The minimum atomic E-state index is -0.210. The molecule has 0 aliphatic carbocycles. The molecule has 1 heterocycles. The molecule has 1 aromatic rings. The highest BCUT2D eigenvalue weighted by atomic mass is 16.2. The van der Waals surface area contributed by atoms with E-state index in [1.807, 2.05) is 0 Å². The number of hydrogen-bond acceptors (Lipinski definition) is 3. The second-order valence-corrected chi connectivity index (χ2v) is 6.21. The summed E-state index contributed by atoms with van der Waals surface area (Å²) >= 11 is 0. The molecule has 1 atom stereocenters. The third-order valence-corrected chi connectivity index (χ3v) is 3.92. The van der Waals surface area contributed by atoms with Crippen LogP contribution in [0.25, 0.3) is 0 Å². The van der Waals surface area contributed by atoms with Gasteiger partial charge in [-0.15, -0.1) is 0 Å². The van der Waals surface area contributed by atoms with Crippen LogP contribution >= 0.6 is 0 Å². The Kier molecular flexibility index (Phi) is 5.78. The Morgan fingerprint density at radius 2 is 1.67 bits per heavy atom. The van der Waals surface area contributed by atoms with Gasteiger partial charge in [-0.2, -0.15) is 0 Å². The van der Waals surface area contributed by atoms with Gasteiger partial charge in [0.25, 0.3) is 0 Å². The van der Waals surface area contributed by atoms with E-state index in [-0.39, 0.29) is 23.8 Å². The highest BCUT2D eigenvalue weighted by Crippen LogP contribution is 2.20. The first kappa shape index (κ1) is 17.8. The predicted molar refractivity (Wildman–Crippen MR) is 92.8 cm³/mol. The molecule has 2 rings (SSSR count). The first-order valence-corrected chi connectivity index (χ1v) is 8.01. The molecular weight excluding hydrogens is 308 g/mol. The number of anilines is 2. The van der Waals surface area contributed by atoms with Gasteiger partial charge >= 0.3 is 6.03 Å². The Labute approximate surface area is 142 Å². The molecule has 1 aliphatic rings. The summed E-state index contributed by atoms with van der Waals surface area (Å²) in [5.41, 5.74) is 1.35. The summed E-state index contributed by atoms with van der Waals surface area (Å²) in [6, 6.07) is 6.90. The maximum Gasteiger partial charge on any atom is 0.319 e. The van der Waals surface area contributed by atoms with Crippen LogP contribution in [0.2, 0.25) is 0 Å². The minimum absolute atomic E-state index is 0.0628. The van der Waals surface area contributed by atoms with Gasteiger partial charge in [0.1, 0.15) is 0 Å². The summed E-state index contributed by atoms with van der Waals surface area (Å²) < 4.78 is 0. The lowest BCUT2D eigenvalue weighted by atomic mass is 9.97. The minimum Gasteiger partial charge on any atom is -0.331 e. The Morgan fingerprint density at radius 3 is 2.21 bits per heavy atom. The molecule has 0 saturated carbocycles. The van der Waals surface area contributed by atoms with E-state index >= 15 is 0 Å². The van der Waals surface area contributed by atoms with E-state index in [4.69, 9.17) is 0 Å². The van der Waals surface area contributed by atoms with Crippen molar-refractivity contribution < 1.29 is 14.4 Å². The summed E-state index contributed by atoms with van der Waals surface area (Å²) in [5, 5.41) is 5.55. The van der Waals surface area contributed by atoms with Gasteiger partial charge in [-0.3, -0.25) is 9.59 Å². The number of carbonyl (C=O) groups is 3. The number of likely N-dealkylation sites (tertiary alicyclic amines) is 1. The van der Waals surface area contributed by atoms with Crippen molar-refractivity contribution in [1.82, 2.24) is 9.80 Å². The second kappa shape index (κ2) is 7.81. The van der Waals surface area contributed by atoms with E-state index in [0.717, 1.165) is 12.8 Å². The molecule has 130 valence electrons. The topological polar surface area (TPSA) is 81.8 Å². The van der Waals surface area contributed by atoms with Crippen molar-refractivity contribution in [2.45, 2.75) is 19.8 Å². The normalized spacial score (nSPS) is 17.1. The third-order valence-electron chi connectivity index (χ3n) is 3.92. The smallest absolute Gasteiger partial charge is 0.319 e. The van der Waals surface area contributed by atoms with E-state index in [2.05, 4.69) is 10.6 Å². The summed E-state index contributed by atoms with van der Waals surface area (Å²) in [6.07, 6.45) is 1.59. The van der Waals surface area contributed by atoms with Crippen LogP contribution in [0.5, 0.6) is 0 Å². The Hall–Kier alpha value is -2.57. The third kappa shape index (κ3) is 4.71. The highest BCUT2D eigenvalue weighted by Gasteiger charge is 2.29. The quantitative estimate of drug-likeness (QED) is 0.888. The van der Waals surface area contributed by atoms with E-state index < -0.39 is 0 Å². The van der Waals surface area contributed by atoms with Crippen LogP contribution in [0.3, 0.4) is 0 Å². The Bertz CT molecular complexity index is 613. The lowest BCUT2D eigenvalue weighted by molar-refractivity contribution is -0.121. The largest absolute Gasteiger partial charge is 0.331 e. The van der Waals surface area contributed by atoms with Crippen LogP contribution < -0.4 is 10.6 Å². The number of benzene rings is 1. The van der Waals surface area contributed by atoms with Crippen LogP contribution in [0.15, 0.2) is 24.3 Å². The molecule has 7 heteroatoms. The number of piperidine rings is 1. The fourth-order valence-corrected chi connectivity index (χ4v) is 2.73. The maximum atomic E-state index is 12.4. The molecule has 1 fully saturated rings. The molecule has 0 bridgehead atoms. The SMILES string of the molecule is CC(=O)Nc1ccc(NC(=O)C2CCCN(C(=O)N(C)C)C2)cc1. The average molecular weight is 332 g/mol. The number of nitrogens with zero attached hydrogens (tertiary/aromatic N) is 2. The predicted octanol–water partition coefficient (Wildman–Crippen LogP) is 1.98. The fourth-order valence-electron chi connectivity index (χ4n) is 2.73. The Balaban J connectivity index is 1.94. The van der Waals surface area contributed by atoms with E-state index in [1.54, 1.807) is 43.3 Å². The molecule has 0 aromatic heterocycles. The van der Waals surface area contributed by atoms with Crippen molar-refractivity contribution in [3.8, 4) is 0 Å².